The molecule has 3 unspecified atom stereocenters. The van der Waals surface area contributed by atoms with Crippen LogP contribution in [-0.4, -0.2) is 46.1 Å². The van der Waals surface area contributed by atoms with Crippen molar-refractivity contribution in [3.05, 3.63) is 46.0 Å². The number of ether oxygens (including phenoxy) is 1. The van der Waals surface area contributed by atoms with Crippen LogP contribution in [0, 0.1) is 5.21 Å². The van der Waals surface area contributed by atoms with Crippen molar-refractivity contribution < 1.29 is 14.4 Å². The van der Waals surface area contributed by atoms with Gasteiger partial charge in [0.15, 0.2) is 17.7 Å². The van der Waals surface area contributed by atoms with E-state index in [2.05, 4.69) is 12.2 Å². The summed E-state index contributed by atoms with van der Waals surface area (Å²) in [6, 6.07) is 7.38. The topological polar surface area (TPSA) is 78.3 Å². The van der Waals surface area contributed by atoms with Gasteiger partial charge in [0, 0.05) is 18.5 Å². The van der Waals surface area contributed by atoms with E-state index in [-0.39, 0.29) is 11.2 Å². The van der Waals surface area contributed by atoms with E-state index in [0.29, 0.717) is 30.5 Å². The van der Waals surface area contributed by atoms with Gasteiger partial charge in [-0.1, -0.05) is 24.9 Å². The summed E-state index contributed by atoms with van der Waals surface area (Å²) in [5.74, 6) is 1.47. The fraction of sp³-hybridized carbons (Fsp3) is 0.600. The Morgan fingerprint density at radius 3 is 2.69 bits per heavy atom. The summed E-state index contributed by atoms with van der Waals surface area (Å²) in [5, 5.41) is 16.9. The molecule has 0 saturated heterocycles. The maximum Gasteiger partial charge on any atom is 0.268 e. The van der Waals surface area contributed by atoms with E-state index in [1.807, 2.05) is 31.3 Å². The summed E-state index contributed by atoms with van der Waals surface area (Å²) in [5.41, 5.74) is 0.923. The molecule has 0 bridgehead atoms. The van der Waals surface area contributed by atoms with Gasteiger partial charge in [-0.3, -0.25) is 0 Å². The van der Waals surface area contributed by atoms with Gasteiger partial charge in [-0.2, -0.15) is 0 Å². The molecule has 0 spiro atoms. The fourth-order valence-electron chi connectivity index (χ4n) is 3.69. The Morgan fingerprint density at radius 1 is 1.24 bits per heavy atom. The molecule has 2 N–H and O–H groups in total. The number of hydroxylamine groups is 2. The minimum absolute atomic E-state index is 0.0969. The van der Waals surface area contributed by atoms with Crippen molar-refractivity contribution in [3.8, 4) is 5.75 Å². The quantitative estimate of drug-likeness (QED) is 0.329. The van der Waals surface area contributed by atoms with Crippen LogP contribution in [0.3, 0.4) is 0 Å². The van der Waals surface area contributed by atoms with Gasteiger partial charge in [0.1, 0.15) is 11.4 Å². The zero-order valence-corrected chi connectivity index (χ0v) is 18.7. The molecular weight excluding hydrogens is 412 g/mol. The Bertz CT molecular complexity index is 691. The van der Waals surface area contributed by atoms with Gasteiger partial charge >= 0.3 is 0 Å². The molecular formula is C20H31ClN4O3S. The highest BCUT2D eigenvalue weighted by Crippen LogP contribution is 2.24. The maximum atomic E-state index is 12.8. The van der Waals surface area contributed by atoms with E-state index in [4.69, 9.17) is 16.3 Å². The Hall–Kier alpha value is -1.16. The summed E-state index contributed by atoms with van der Waals surface area (Å²) in [4.78, 5) is 0. The molecule has 2 aliphatic rings. The molecule has 0 fully saturated rings. The van der Waals surface area contributed by atoms with Crippen molar-refractivity contribution in [1.82, 2.24) is 13.9 Å². The summed E-state index contributed by atoms with van der Waals surface area (Å²) < 4.78 is 22.0. The molecule has 3 atom stereocenters. The lowest BCUT2D eigenvalue weighted by Crippen LogP contribution is -3.10. The minimum Gasteiger partial charge on any atom is -0.626 e. The van der Waals surface area contributed by atoms with Gasteiger partial charge in [-0.15, -0.1) is 8.61 Å². The second kappa shape index (κ2) is 10.7. The third kappa shape index (κ3) is 5.71. The molecule has 0 radical (unpaired) electrons. The maximum absolute atomic E-state index is 12.8. The first kappa shape index (κ1) is 22.5. The zero-order valence-electron chi connectivity index (χ0n) is 17.2. The van der Waals surface area contributed by atoms with Crippen molar-refractivity contribution in [3.63, 3.8) is 0 Å². The normalized spacial score (nSPS) is 24.6. The van der Waals surface area contributed by atoms with Gasteiger partial charge in [0.2, 0.25) is 0 Å². The highest BCUT2D eigenvalue weighted by atomic mass is 35.5. The van der Waals surface area contributed by atoms with Crippen LogP contribution in [0.4, 0.5) is 0 Å². The number of rotatable bonds is 10. The van der Waals surface area contributed by atoms with Crippen LogP contribution in [0.15, 0.2) is 35.8 Å². The van der Waals surface area contributed by atoms with Crippen LogP contribution in [0.1, 0.15) is 45.4 Å². The van der Waals surface area contributed by atoms with Crippen LogP contribution >= 0.6 is 11.6 Å². The molecule has 7 nitrogen and oxygen atoms in total. The van der Waals surface area contributed by atoms with Gasteiger partial charge < -0.3 is 24.9 Å². The molecule has 1 aromatic rings. The number of hydrogen-bond acceptors (Lipinski definition) is 6. The molecule has 29 heavy (non-hydrogen) atoms. The van der Waals surface area contributed by atoms with E-state index in [0.717, 1.165) is 50.0 Å². The predicted octanol–water partition coefficient (Wildman–Crippen LogP) is 2.39. The first-order valence-electron chi connectivity index (χ1n) is 10.3. The molecule has 162 valence electrons. The third-order valence-electron chi connectivity index (χ3n) is 5.18. The smallest absolute Gasteiger partial charge is 0.268 e. The van der Waals surface area contributed by atoms with Crippen molar-refractivity contribution in [2.75, 3.05) is 26.7 Å². The summed E-state index contributed by atoms with van der Waals surface area (Å²) in [7, 11) is 1.83. The summed E-state index contributed by atoms with van der Waals surface area (Å²) >= 11 is 4.57. The minimum atomic E-state index is -1.30. The van der Waals surface area contributed by atoms with Crippen molar-refractivity contribution >= 4 is 23.1 Å². The predicted molar refractivity (Wildman–Crippen MR) is 116 cm³/mol. The summed E-state index contributed by atoms with van der Waals surface area (Å²) in [6.07, 6.45) is 5.47. The Labute approximate surface area is 181 Å². The average Bonchev–Trinajstić information content (AvgIpc) is 3.00. The molecule has 3 rings (SSSR count). The van der Waals surface area contributed by atoms with Crippen LogP contribution in [0.2, 0.25) is 5.02 Å². The van der Waals surface area contributed by atoms with E-state index < -0.39 is 11.5 Å². The molecule has 0 amide bonds. The lowest BCUT2D eigenvalue weighted by Gasteiger charge is -2.36. The fourth-order valence-corrected chi connectivity index (χ4v) is 5.03. The highest BCUT2D eigenvalue weighted by Gasteiger charge is 2.45. The third-order valence-corrected chi connectivity index (χ3v) is 6.84. The SMILES string of the molecule is CCCC1NC2=C(N(CCCCCCOc3ccc(Cl)cc3)[S+]([O-])N(C)C2)[NH+]1[O-]. The first-order chi connectivity index (χ1) is 14.0. The number of likely N-dealkylation sites (N-methyl/N-ethyl adjacent to an activating group) is 1. The number of quaternary nitrogens is 1. The Kier molecular flexibility index (Phi) is 8.35. The monoisotopic (exact) mass is 442 g/mol. The lowest BCUT2D eigenvalue weighted by atomic mass is 10.2. The second-order valence-electron chi connectivity index (χ2n) is 7.51. The van der Waals surface area contributed by atoms with E-state index >= 15 is 0 Å². The van der Waals surface area contributed by atoms with Gasteiger partial charge in [0.05, 0.1) is 19.7 Å². The zero-order chi connectivity index (χ0) is 20.8. The lowest BCUT2D eigenvalue weighted by molar-refractivity contribution is -0.839. The van der Waals surface area contributed by atoms with Crippen molar-refractivity contribution in [2.45, 2.75) is 51.6 Å². The number of halogens is 1. The van der Waals surface area contributed by atoms with Crippen molar-refractivity contribution in [1.29, 1.82) is 0 Å². The van der Waals surface area contributed by atoms with Crippen molar-refractivity contribution in [2.24, 2.45) is 0 Å². The second-order valence-corrected chi connectivity index (χ2v) is 9.47. The average molecular weight is 443 g/mol. The van der Waals surface area contributed by atoms with E-state index in [9.17, 15) is 9.76 Å². The first-order valence-corrected chi connectivity index (χ1v) is 11.8. The number of hydrogen-bond donors (Lipinski definition) is 2. The van der Waals surface area contributed by atoms with Crippen LogP contribution < -0.4 is 15.1 Å². The molecule has 0 aliphatic carbocycles. The Balaban J connectivity index is 1.41. The highest BCUT2D eigenvalue weighted by molar-refractivity contribution is 7.86. The Morgan fingerprint density at radius 2 is 1.97 bits per heavy atom. The van der Waals surface area contributed by atoms with Gasteiger partial charge in [-0.05, 0) is 49.9 Å². The van der Waals surface area contributed by atoms with E-state index in [1.165, 1.54) is 0 Å². The molecule has 0 saturated carbocycles. The molecule has 2 aliphatic heterocycles. The standard InChI is InChI=1S/C20H31ClN4O3S/c1-3-8-19-22-18-15-23(2)29(27)24(20(18)25(19)26)13-6-4-5-7-14-28-17-11-9-16(21)10-12-17/h9-12,19,22,25H,3-8,13-15H2,1-2H3. The molecule has 9 heteroatoms. The van der Waals surface area contributed by atoms with Crippen LogP contribution in [0.5, 0.6) is 5.75 Å². The number of unbranched alkanes of at least 4 members (excludes halogenated alkanes) is 3. The molecule has 1 aromatic carbocycles. The van der Waals surface area contributed by atoms with Crippen LogP contribution in [-0.2, 0) is 11.5 Å². The largest absolute Gasteiger partial charge is 0.626 e. The molecule has 2 heterocycles. The van der Waals surface area contributed by atoms with E-state index in [1.54, 1.807) is 8.61 Å². The number of nitrogens with one attached hydrogen (secondary N) is 2. The molecule has 0 aromatic heterocycles. The van der Waals surface area contributed by atoms with Crippen LogP contribution in [0.25, 0.3) is 0 Å². The van der Waals surface area contributed by atoms with Gasteiger partial charge in [-0.25, -0.2) is 0 Å². The number of benzene rings is 1. The number of nitrogens with zero attached hydrogens (tertiary/aromatic N) is 2. The summed E-state index contributed by atoms with van der Waals surface area (Å²) in [6.45, 7) is 3.90. The van der Waals surface area contributed by atoms with Gasteiger partial charge in [0.25, 0.3) is 5.82 Å².